The lowest BCUT2D eigenvalue weighted by Gasteiger charge is -2.07. The Bertz CT molecular complexity index is 565. The molecule has 2 heteroatoms. The molecule has 0 N–H and O–H groups in total. The van der Waals surface area contributed by atoms with Crippen molar-refractivity contribution in [3.8, 4) is 17.2 Å². The van der Waals surface area contributed by atoms with Crippen LogP contribution in [0.2, 0.25) is 0 Å². The summed E-state index contributed by atoms with van der Waals surface area (Å²) in [5.74, 6) is 0. The Hall–Kier alpha value is -2.14. The molecule has 0 unspecified atom stereocenters. The van der Waals surface area contributed by atoms with Gasteiger partial charge in [0.25, 0.3) is 0 Å². The zero-order chi connectivity index (χ0) is 11.5. The van der Waals surface area contributed by atoms with Gasteiger partial charge in [-0.25, -0.2) is 4.98 Å². The summed E-state index contributed by atoms with van der Waals surface area (Å²) in [4.78, 5) is 3.97. The molecule has 0 aliphatic heterocycles. The van der Waals surface area contributed by atoms with Crippen LogP contribution in [-0.2, 0) is 0 Å². The number of hydrogen-bond donors (Lipinski definition) is 0. The summed E-state index contributed by atoms with van der Waals surface area (Å²) < 4.78 is 0. The molecule has 78 valence electrons. The van der Waals surface area contributed by atoms with Crippen molar-refractivity contribution in [3.05, 3.63) is 53.3 Å². The Morgan fingerprint density at radius 3 is 2.69 bits per heavy atom. The van der Waals surface area contributed by atoms with Crippen LogP contribution in [0.1, 0.15) is 16.8 Å². The number of hydrogen-bond acceptors (Lipinski definition) is 2. The fraction of sp³-hybridized carbons (Fsp3) is 0.143. The molecular weight excluding hydrogens is 196 g/mol. The maximum atomic E-state index is 8.82. The molecule has 0 saturated heterocycles. The second-order valence-corrected chi connectivity index (χ2v) is 3.86. The van der Waals surface area contributed by atoms with Crippen LogP contribution in [0.5, 0.6) is 0 Å². The molecule has 2 nitrogen and oxygen atoms in total. The van der Waals surface area contributed by atoms with Crippen molar-refractivity contribution < 1.29 is 0 Å². The van der Waals surface area contributed by atoms with E-state index < -0.39 is 0 Å². The summed E-state index contributed by atoms with van der Waals surface area (Å²) in [7, 11) is 0. The fourth-order valence-corrected chi connectivity index (χ4v) is 1.71. The Labute approximate surface area is 95.2 Å². The Morgan fingerprint density at radius 2 is 1.94 bits per heavy atom. The zero-order valence-electron chi connectivity index (χ0n) is 9.36. The van der Waals surface area contributed by atoms with Gasteiger partial charge in [0.2, 0.25) is 0 Å². The molecule has 16 heavy (non-hydrogen) atoms. The number of nitriles is 1. The largest absolute Gasteiger partial charge is 0.246 e. The van der Waals surface area contributed by atoms with E-state index in [9.17, 15) is 0 Å². The van der Waals surface area contributed by atoms with Crippen molar-refractivity contribution in [2.75, 3.05) is 0 Å². The minimum absolute atomic E-state index is 0.457. The van der Waals surface area contributed by atoms with Gasteiger partial charge in [-0.05, 0) is 42.7 Å². The van der Waals surface area contributed by atoms with Crippen LogP contribution in [0.25, 0.3) is 11.1 Å². The lowest BCUT2D eigenvalue weighted by molar-refractivity contribution is 1.26. The highest BCUT2D eigenvalue weighted by atomic mass is 14.7. The van der Waals surface area contributed by atoms with Crippen molar-refractivity contribution >= 4 is 0 Å². The maximum absolute atomic E-state index is 8.82. The third-order valence-corrected chi connectivity index (χ3v) is 2.58. The van der Waals surface area contributed by atoms with E-state index in [0.29, 0.717) is 5.69 Å². The van der Waals surface area contributed by atoms with E-state index in [1.807, 2.05) is 12.1 Å². The zero-order valence-corrected chi connectivity index (χ0v) is 9.36. The molecule has 0 amide bonds. The molecule has 2 rings (SSSR count). The fourth-order valence-electron chi connectivity index (χ4n) is 1.71. The summed E-state index contributed by atoms with van der Waals surface area (Å²) in [6.45, 7) is 4.14. The van der Waals surface area contributed by atoms with E-state index >= 15 is 0 Å². The summed E-state index contributed by atoms with van der Waals surface area (Å²) >= 11 is 0. The molecule has 1 aromatic heterocycles. The summed E-state index contributed by atoms with van der Waals surface area (Å²) in [6, 6.07) is 12.1. The van der Waals surface area contributed by atoms with Gasteiger partial charge in [-0.1, -0.05) is 23.8 Å². The van der Waals surface area contributed by atoms with Crippen LogP contribution in [0, 0.1) is 25.2 Å². The molecule has 0 saturated carbocycles. The van der Waals surface area contributed by atoms with Crippen molar-refractivity contribution in [2.45, 2.75) is 13.8 Å². The lowest BCUT2D eigenvalue weighted by atomic mass is 9.99. The van der Waals surface area contributed by atoms with Crippen LogP contribution in [0.4, 0.5) is 0 Å². The average Bonchev–Trinajstić information content (AvgIpc) is 2.32. The molecule has 1 aromatic carbocycles. The number of pyridine rings is 1. The summed E-state index contributed by atoms with van der Waals surface area (Å²) in [5, 5.41) is 8.82. The number of rotatable bonds is 1. The Morgan fingerprint density at radius 1 is 1.12 bits per heavy atom. The van der Waals surface area contributed by atoms with Gasteiger partial charge in [0.15, 0.2) is 0 Å². The lowest BCUT2D eigenvalue weighted by Crippen LogP contribution is -1.87. The molecule has 0 aliphatic rings. The molecule has 0 radical (unpaired) electrons. The molecular formula is C14H12N2. The predicted molar refractivity (Wildman–Crippen MR) is 63.9 cm³/mol. The number of benzene rings is 1. The highest BCUT2D eigenvalue weighted by Crippen LogP contribution is 2.24. The molecule has 0 fully saturated rings. The van der Waals surface area contributed by atoms with Crippen molar-refractivity contribution in [3.63, 3.8) is 0 Å². The highest BCUT2D eigenvalue weighted by molar-refractivity contribution is 5.68. The average molecular weight is 208 g/mol. The van der Waals surface area contributed by atoms with Gasteiger partial charge in [-0.3, -0.25) is 0 Å². The first kappa shape index (κ1) is 10.4. The van der Waals surface area contributed by atoms with Crippen LogP contribution in [-0.4, -0.2) is 4.98 Å². The third-order valence-electron chi connectivity index (χ3n) is 2.58. The number of aryl methyl sites for hydroxylation is 2. The number of nitrogens with zero attached hydrogens (tertiary/aromatic N) is 2. The van der Waals surface area contributed by atoms with Gasteiger partial charge in [-0.2, -0.15) is 5.26 Å². The maximum Gasteiger partial charge on any atom is 0.141 e. The van der Waals surface area contributed by atoms with Gasteiger partial charge in [0, 0.05) is 6.20 Å². The first-order valence-corrected chi connectivity index (χ1v) is 5.14. The monoisotopic (exact) mass is 208 g/mol. The second kappa shape index (κ2) is 4.16. The van der Waals surface area contributed by atoms with Gasteiger partial charge in [0.05, 0.1) is 0 Å². The van der Waals surface area contributed by atoms with Gasteiger partial charge in [0.1, 0.15) is 11.8 Å². The van der Waals surface area contributed by atoms with Crippen molar-refractivity contribution in [1.29, 1.82) is 5.26 Å². The standard InChI is InChI=1S/C14H12N2/c1-10-3-4-11(2)14(7-10)12-5-6-16-13(8-12)9-15/h3-8H,1-2H3. The second-order valence-electron chi connectivity index (χ2n) is 3.86. The molecule has 0 bridgehead atoms. The number of aromatic nitrogens is 1. The Balaban J connectivity index is 2.58. The van der Waals surface area contributed by atoms with Crippen LogP contribution >= 0.6 is 0 Å². The van der Waals surface area contributed by atoms with Crippen LogP contribution in [0.3, 0.4) is 0 Å². The van der Waals surface area contributed by atoms with Crippen molar-refractivity contribution in [2.24, 2.45) is 0 Å². The topological polar surface area (TPSA) is 36.7 Å². The quantitative estimate of drug-likeness (QED) is 0.721. The minimum atomic E-state index is 0.457. The smallest absolute Gasteiger partial charge is 0.141 e. The molecule has 0 spiro atoms. The first-order valence-electron chi connectivity index (χ1n) is 5.14. The van der Waals surface area contributed by atoms with Gasteiger partial charge >= 0.3 is 0 Å². The predicted octanol–water partition coefficient (Wildman–Crippen LogP) is 3.24. The van der Waals surface area contributed by atoms with Gasteiger partial charge in [-0.15, -0.1) is 0 Å². The SMILES string of the molecule is Cc1ccc(C)c(-c2ccnc(C#N)c2)c1. The van der Waals surface area contributed by atoms with Gasteiger partial charge < -0.3 is 0 Å². The summed E-state index contributed by atoms with van der Waals surface area (Å²) in [6.07, 6.45) is 1.68. The Kier molecular flexibility index (Phi) is 2.70. The molecule has 0 aliphatic carbocycles. The van der Waals surface area contributed by atoms with E-state index in [0.717, 1.165) is 5.56 Å². The minimum Gasteiger partial charge on any atom is -0.246 e. The van der Waals surface area contributed by atoms with Crippen LogP contribution < -0.4 is 0 Å². The third kappa shape index (κ3) is 1.94. The van der Waals surface area contributed by atoms with E-state index in [-0.39, 0.29) is 0 Å². The van der Waals surface area contributed by atoms with E-state index in [1.165, 1.54) is 16.7 Å². The molecule has 1 heterocycles. The summed E-state index contributed by atoms with van der Waals surface area (Å²) in [5.41, 5.74) is 5.10. The van der Waals surface area contributed by atoms with Crippen molar-refractivity contribution in [1.82, 2.24) is 4.98 Å². The molecule has 2 aromatic rings. The van der Waals surface area contributed by atoms with E-state index in [4.69, 9.17) is 5.26 Å². The first-order chi connectivity index (χ1) is 7.70. The molecule has 0 atom stereocenters. The normalized spacial score (nSPS) is 9.81. The van der Waals surface area contributed by atoms with Crippen LogP contribution in [0.15, 0.2) is 36.5 Å². The van der Waals surface area contributed by atoms with E-state index in [1.54, 1.807) is 6.20 Å². The highest BCUT2D eigenvalue weighted by Gasteiger charge is 2.03. The van der Waals surface area contributed by atoms with E-state index in [2.05, 4.69) is 43.1 Å².